The zero-order valence-corrected chi connectivity index (χ0v) is 16.1. The number of benzene rings is 1. The van der Waals surface area contributed by atoms with E-state index in [4.69, 9.17) is 14.0 Å². The number of rotatable bonds is 4. The molecule has 1 aromatic carbocycles. The van der Waals surface area contributed by atoms with Gasteiger partial charge < -0.3 is 14.0 Å². The highest BCUT2D eigenvalue weighted by Crippen LogP contribution is 2.39. The number of ether oxygens (including phenoxy) is 1. The largest absolute Gasteiger partial charge is 0.491 e. The van der Waals surface area contributed by atoms with Gasteiger partial charge in [-0.25, -0.2) is 4.79 Å². The molecular weight excluding hydrogens is 323 g/mol. The van der Waals surface area contributed by atoms with Gasteiger partial charge in [-0.05, 0) is 57.3 Å². The first-order valence-electron chi connectivity index (χ1n) is 7.97. The Balaban J connectivity index is 2.34. The standard InChI is InChI=1S/C18H25BO4S/c1-12-7-8-13(10-15(12)16(20)21-6)9-14(11-24)19-22-17(2,3)18(4,5)23-19/h7-10,24H,11H2,1-6H3. The minimum absolute atomic E-state index is 0.342. The van der Waals surface area contributed by atoms with Crippen molar-refractivity contribution in [2.75, 3.05) is 12.9 Å². The lowest BCUT2D eigenvalue weighted by atomic mass is 9.78. The fourth-order valence-corrected chi connectivity index (χ4v) is 2.70. The zero-order valence-electron chi connectivity index (χ0n) is 15.2. The summed E-state index contributed by atoms with van der Waals surface area (Å²) < 4.78 is 17.0. The summed E-state index contributed by atoms with van der Waals surface area (Å²) in [7, 11) is 0.934. The van der Waals surface area contributed by atoms with E-state index >= 15 is 0 Å². The Morgan fingerprint density at radius 3 is 2.33 bits per heavy atom. The monoisotopic (exact) mass is 348 g/mol. The van der Waals surface area contributed by atoms with Gasteiger partial charge in [-0.3, -0.25) is 0 Å². The number of carbonyl (C=O) groups is 1. The van der Waals surface area contributed by atoms with Crippen molar-refractivity contribution in [3.8, 4) is 0 Å². The van der Waals surface area contributed by atoms with E-state index in [1.54, 1.807) is 0 Å². The molecule has 0 radical (unpaired) electrons. The van der Waals surface area contributed by atoms with Crippen molar-refractivity contribution in [2.45, 2.75) is 45.8 Å². The van der Waals surface area contributed by atoms with Crippen LogP contribution in [0.4, 0.5) is 0 Å². The molecule has 130 valence electrons. The van der Waals surface area contributed by atoms with Crippen molar-refractivity contribution in [1.29, 1.82) is 0 Å². The number of methoxy groups -OCH3 is 1. The Morgan fingerprint density at radius 2 is 1.83 bits per heavy atom. The molecule has 1 aromatic rings. The fourth-order valence-electron chi connectivity index (χ4n) is 2.46. The molecule has 0 unspecified atom stereocenters. The molecule has 0 amide bonds. The van der Waals surface area contributed by atoms with Crippen LogP contribution in [0.15, 0.2) is 23.7 Å². The first-order valence-corrected chi connectivity index (χ1v) is 8.60. The van der Waals surface area contributed by atoms with E-state index in [9.17, 15) is 4.79 Å². The lowest BCUT2D eigenvalue weighted by Gasteiger charge is -2.32. The Bertz CT molecular complexity index is 651. The van der Waals surface area contributed by atoms with Crippen LogP contribution in [0.25, 0.3) is 6.08 Å². The summed E-state index contributed by atoms with van der Waals surface area (Å²) in [4.78, 5) is 11.9. The smallest absolute Gasteiger partial charge is 0.465 e. The minimum atomic E-state index is -0.449. The van der Waals surface area contributed by atoms with Crippen LogP contribution < -0.4 is 0 Å². The van der Waals surface area contributed by atoms with Crippen LogP contribution in [-0.4, -0.2) is 37.2 Å². The number of carbonyl (C=O) groups excluding carboxylic acids is 1. The van der Waals surface area contributed by atoms with E-state index in [2.05, 4.69) is 12.6 Å². The zero-order chi connectivity index (χ0) is 18.1. The van der Waals surface area contributed by atoms with Gasteiger partial charge in [0.15, 0.2) is 0 Å². The van der Waals surface area contributed by atoms with Gasteiger partial charge in [0, 0.05) is 5.75 Å². The number of hydrogen-bond donors (Lipinski definition) is 1. The van der Waals surface area contributed by atoms with E-state index in [1.165, 1.54) is 7.11 Å². The van der Waals surface area contributed by atoms with Gasteiger partial charge in [-0.15, -0.1) is 0 Å². The lowest BCUT2D eigenvalue weighted by Crippen LogP contribution is -2.41. The van der Waals surface area contributed by atoms with Crippen molar-refractivity contribution >= 4 is 31.8 Å². The number of esters is 1. The van der Waals surface area contributed by atoms with Crippen LogP contribution >= 0.6 is 12.6 Å². The van der Waals surface area contributed by atoms with Crippen LogP contribution in [0.3, 0.4) is 0 Å². The summed E-state index contributed by atoms with van der Waals surface area (Å²) in [6.45, 7) is 9.96. The third kappa shape index (κ3) is 3.71. The predicted molar refractivity (Wildman–Crippen MR) is 100 cm³/mol. The van der Waals surface area contributed by atoms with Crippen LogP contribution in [0.5, 0.6) is 0 Å². The van der Waals surface area contributed by atoms with E-state index in [0.717, 1.165) is 16.6 Å². The van der Waals surface area contributed by atoms with Crippen LogP contribution in [0, 0.1) is 6.92 Å². The highest BCUT2D eigenvalue weighted by atomic mass is 32.1. The molecule has 1 fully saturated rings. The maximum absolute atomic E-state index is 11.9. The van der Waals surface area contributed by atoms with Gasteiger partial charge in [0.05, 0.1) is 23.9 Å². The second-order valence-electron chi connectivity index (χ2n) is 7.03. The molecular formula is C18H25BO4S. The Hall–Kier alpha value is -1.24. The molecule has 0 spiro atoms. The number of thiol groups is 1. The van der Waals surface area contributed by atoms with Crippen molar-refractivity contribution in [3.05, 3.63) is 40.4 Å². The Morgan fingerprint density at radius 1 is 1.25 bits per heavy atom. The molecule has 0 aliphatic carbocycles. The molecule has 1 aliphatic rings. The van der Waals surface area contributed by atoms with Crippen LogP contribution in [0.1, 0.15) is 49.2 Å². The molecule has 1 heterocycles. The molecule has 0 atom stereocenters. The second kappa shape index (κ2) is 6.94. The molecule has 0 N–H and O–H groups in total. The normalized spacial score (nSPS) is 19.5. The van der Waals surface area contributed by atoms with E-state index in [-0.39, 0.29) is 5.97 Å². The Kier molecular flexibility index (Phi) is 5.52. The van der Waals surface area contributed by atoms with Gasteiger partial charge in [-0.1, -0.05) is 18.2 Å². The van der Waals surface area contributed by atoms with Crippen molar-refractivity contribution in [1.82, 2.24) is 0 Å². The minimum Gasteiger partial charge on any atom is -0.465 e. The summed E-state index contributed by atoms with van der Waals surface area (Å²) in [6.07, 6.45) is 1.96. The quantitative estimate of drug-likeness (QED) is 0.512. The highest BCUT2D eigenvalue weighted by Gasteiger charge is 2.52. The van der Waals surface area contributed by atoms with Crippen molar-refractivity contribution in [2.24, 2.45) is 0 Å². The second-order valence-corrected chi connectivity index (χ2v) is 7.35. The van der Waals surface area contributed by atoms with Gasteiger partial charge in [0.1, 0.15) is 0 Å². The summed E-state index contributed by atoms with van der Waals surface area (Å²) in [6, 6.07) is 5.67. The molecule has 6 heteroatoms. The topological polar surface area (TPSA) is 44.8 Å². The van der Waals surface area contributed by atoms with Gasteiger partial charge in [0.2, 0.25) is 0 Å². The van der Waals surface area contributed by atoms with Crippen molar-refractivity contribution < 1.29 is 18.8 Å². The first-order chi connectivity index (χ1) is 11.1. The average molecular weight is 348 g/mol. The third-order valence-electron chi connectivity index (χ3n) is 4.76. The first kappa shape index (κ1) is 19.1. The summed E-state index contributed by atoms with van der Waals surface area (Å²) in [5.41, 5.74) is 2.44. The van der Waals surface area contributed by atoms with E-state index < -0.39 is 18.3 Å². The van der Waals surface area contributed by atoms with Crippen molar-refractivity contribution in [3.63, 3.8) is 0 Å². The lowest BCUT2D eigenvalue weighted by molar-refractivity contribution is 0.00578. The third-order valence-corrected chi connectivity index (χ3v) is 5.12. The summed E-state index contributed by atoms with van der Waals surface area (Å²) >= 11 is 4.42. The highest BCUT2D eigenvalue weighted by molar-refractivity contribution is 7.80. The van der Waals surface area contributed by atoms with Crippen LogP contribution in [-0.2, 0) is 14.0 Å². The van der Waals surface area contributed by atoms with Crippen LogP contribution in [0.2, 0.25) is 0 Å². The molecule has 1 aliphatic heterocycles. The summed E-state index contributed by atoms with van der Waals surface area (Å²) in [5, 5.41) is 0. The summed E-state index contributed by atoms with van der Waals surface area (Å²) in [5.74, 6) is 0.156. The molecule has 0 bridgehead atoms. The SMILES string of the molecule is COC(=O)c1cc(C=C(CS)B2OC(C)(C)C(C)(C)O2)ccc1C. The molecule has 24 heavy (non-hydrogen) atoms. The molecule has 1 saturated heterocycles. The predicted octanol–water partition coefficient (Wildman–Crippen LogP) is 3.73. The molecule has 4 nitrogen and oxygen atoms in total. The van der Waals surface area contributed by atoms with Gasteiger partial charge in [-0.2, -0.15) is 12.6 Å². The molecule has 0 aromatic heterocycles. The number of aryl methyl sites for hydroxylation is 1. The van der Waals surface area contributed by atoms with Gasteiger partial charge in [0.25, 0.3) is 0 Å². The Labute approximate surface area is 150 Å². The molecule has 2 rings (SSSR count). The fraction of sp³-hybridized carbons (Fsp3) is 0.500. The van der Waals surface area contributed by atoms with E-state index in [0.29, 0.717) is 11.3 Å². The maximum atomic E-state index is 11.9. The number of hydrogen-bond acceptors (Lipinski definition) is 5. The average Bonchev–Trinajstić information content (AvgIpc) is 2.73. The molecule has 0 saturated carbocycles. The van der Waals surface area contributed by atoms with Gasteiger partial charge >= 0.3 is 13.1 Å². The van der Waals surface area contributed by atoms with E-state index in [1.807, 2.05) is 58.9 Å². The maximum Gasteiger partial charge on any atom is 0.491 e.